The Balaban J connectivity index is 1.71. The van der Waals surface area contributed by atoms with Crippen molar-refractivity contribution in [2.24, 2.45) is 0 Å². The maximum absolute atomic E-state index is 12.9. The van der Waals surface area contributed by atoms with Gasteiger partial charge in [0.15, 0.2) is 5.76 Å². The summed E-state index contributed by atoms with van der Waals surface area (Å²) < 4.78 is 10.2. The molecule has 0 aliphatic carbocycles. The lowest BCUT2D eigenvalue weighted by atomic mass is 10.1. The van der Waals surface area contributed by atoms with Crippen LogP contribution in [0.15, 0.2) is 71.3 Å². The van der Waals surface area contributed by atoms with Crippen LogP contribution in [-0.2, 0) is 14.3 Å². The van der Waals surface area contributed by atoms with Crippen molar-refractivity contribution >= 4 is 40.8 Å². The normalized spacial score (nSPS) is 11.3. The molecule has 2 N–H and O–H groups in total. The molecule has 3 aromatic rings. The smallest absolute Gasteiger partial charge is 0.326 e. The number of nitro benzene ring substituents is 1. The summed E-state index contributed by atoms with van der Waals surface area (Å²) in [7, 11) is 0. The first-order chi connectivity index (χ1) is 15.3. The van der Waals surface area contributed by atoms with Gasteiger partial charge in [0.2, 0.25) is 6.10 Å². The zero-order valence-electron chi connectivity index (χ0n) is 16.3. The van der Waals surface area contributed by atoms with E-state index in [-0.39, 0.29) is 22.2 Å². The van der Waals surface area contributed by atoms with Crippen molar-refractivity contribution in [2.75, 3.05) is 11.9 Å². The molecule has 0 aliphatic rings. The van der Waals surface area contributed by atoms with E-state index in [0.717, 1.165) is 6.07 Å². The second-order valence-electron chi connectivity index (χ2n) is 6.35. The van der Waals surface area contributed by atoms with Crippen LogP contribution in [0.25, 0.3) is 0 Å². The number of esters is 1. The number of carbonyl (C=O) groups is 3. The van der Waals surface area contributed by atoms with Gasteiger partial charge < -0.3 is 19.8 Å². The highest BCUT2D eigenvalue weighted by Crippen LogP contribution is 2.28. The van der Waals surface area contributed by atoms with Crippen LogP contribution in [0.2, 0.25) is 5.02 Å². The number of amides is 2. The number of furan rings is 1. The van der Waals surface area contributed by atoms with Crippen molar-refractivity contribution in [3.05, 3.63) is 93.4 Å². The molecule has 2 aromatic carbocycles. The van der Waals surface area contributed by atoms with E-state index < -0.39 is 35.4 Å². The molecule has 1 atom stereocenters. The van der Waals surface area contributed by atoms with Crippen molar-refractivity contribution in [1.82, 2.24) is 5.32 Å². The van der Waals surface area contributed by atoms with Gasteiger partial charge in [-0.15, -0.1) is 0 Å². The van der Waals surface area contributed by atoms with Crippen molar-refractivity contribution in [3.63, 3.8) is 0 Å². The average molecular weight is 458 g/mol. The van der Waals surface area contributed by atoms with Crippen LogP contribution in [-0.4, -0.2) is 29.3 Å². The minimum Gasteiger partial charge on any atom is -0.459 e. The monoisotopic (exact) mass is 457 g/mol. The number of carbonyl (C=O) groups excluding carboxylic acids is 3. The zero-order valence-corrected chi connectivity index (χ0v) is 17.1. The van der Waals surface area contributed by atoms with E-state index >= 15 is 0 Å². The Kier molecular flexibility index (Phi) is 7.19. The van der Waals surface area contributed by atoms with Crippen molar-refractivity contribution in [3.8, 4) is 0 Å². The largest absolute Gasteiger partial charge is 0.459 e. The Labute approximate surface area is 186 Å². The highest BCUT2D eigenvalue weighted by atomic mass is 35.5. The number of hydrogen-bond acceptors (Lipinski definition) is 7. The van der Waals surface area contributed by atoms with Crippen LogP contribution in [0.3, 0.4) is 0 Å². The van der Waals surface area contributed by atoms with Gasteiger partial charge in [0.05, 0.1) is 21.9 Å². The lowest BCUT2D eigenvalue weighted by molar-refractivity contribution is -0.384. The van der Waals surface area contributed by atoms with Crippen LogP contribution in [0.4, 0.5) is 11.4 Å². The molecule has 10 nitrogen and oxygen atoms in total. The molecule has 0 saturated carbocycles. The summed E-state index contributed by atoms with van der Waals surface area (Å²) in [6.45, 7) is -0.506. The highest BCUT2D eigenvalue weighted by molar-refractivity contribution is 6.34. The van der Waals surface area contributed by atoms with E-state index in [1.54, 1.807) is 30.3 Å². The van der Waals surface area contributed by atoms with E-state index in [0.29, 0.717) is 5.56 Å². The first kappa shape index (κ1) is 22.5. The number of nitrogens with zero attached hydrogens (tertiary/aromatic N) is 1. The number of halogens is 1. The Morgan fingerprint density at radius 2 is 1.84 bits per heavy atom. The Bertz CT molecular complexity index is 1130. The van der Waals surface area contributed by atoms with Crippen LogP contribution in [0.1, 0.15) is 22.2 Å². The maximum Gasteiger partial charge on any atom is 0.326 e. The molecule has 3 rings (SSSR count). The third-order valence-corrected chi connectivity index (χ3v) is 4.46. The van der Waals surface area contributed by atoms with Gasteiger partial charge in [-0.3, -0.25) is 24.5 Å². The topological polar surface area (TPSA) is 141 Å². The maximum atomic E-state index is 12.9. The third kappa shape index (κ3) is 5.70. The molecule has 32 heavy (non-hydrogen) atoms. The molecule has 11 heteroatoms. The fourth-order valence-electron chi connectivity index (χ4n) is 2.64. The van der Waals surface area contributed by atoms with Crippen LogP contribution in [0, 0.1) is 10.1 Å². The number of anilines is 1. The molecule has 0 radical (unpaired) electrons. The van der Waals surface area contributed by atoms with Gasteiger partial charge in [0.1, 0.15) is 6.54 Å². The fourth-order valence-corrected chi connectivity index (χ4v) is 2.86. The molecule has 2 amide bonds. The molecular weight excluding hydrogens is 442 g/mol. The number of benzene rings is 2. The Hall–Kier alpha value is -4.18. The van der Waals surface area contributed by atoms with Crippen molar-refractivity contribution < 1.29 is 28.5 Å². The molecule has 1 unspecified atom stereocenters. The Morgan fingerprint density at radius 3 is 2.47 bits per heavy atom. The van der Waals surface area contributed by atoms with Crippen LogP contribution < -0.4 is 10.6 Å². The minimum absolute atomic E-state index is 0.0166. The van der Waals surface area contributed by atoms with Gasteiger partial charge in [-0.25, -0.2) is 0 Å². The molecule has 0 aliphatic heterocycles. The molecule has 0 bridgehead atoms. The van der Waals surface area contributed by atoms with Gasteiger partial charge in [0.25, 0.3) is 17.5 Å². The van der Waals surface area contributed by atoms with Gasteiger partial charge in [-0.2, -0.15) is 0 Å². The molecule has 164 valence electrons. The molecular formula is C21H16ClN3O7. The molecule has 0 spiro atoms. The first-order valence-electron chi connectivity index (χ1n) is 9.16. The fraction of sp³-hybridized carbons (Fsp3) is 0.0952. The van der Waals surface area contributed by atoms with E-state index in [1.165, 1.54) is 30.5 Å². The summed E-state index contributed by atoms with van der Waals surface area (Å²) in [5.41, 5.74) is 0.227. The van der Waals surface area contributed by atoms with Gasteiger partial charge in [-0.05, 0) is 18.2 Å². The summed E-state index contributed by atoms with van der Waals surface area (Å²) in [4.78, 5) is 47.3. The first-order valence-corrected chi connectivity index (χ1v) is 9.54. The second-order valence-corrected chi connectivity index (χ2v) is 6.76. The molecule has 0 saturated heterocycles. The number of ether oxygens (including phenoxy) is 1. The molecule has 1 aromatic heterocycles. The van der Waals surface area contributed by atoms with Gasteiger partial charge in [0, 0.05) is 17.7 Å². The second kappa shape index (κ2) is 10.2. The summed E-state index contributed by atoms with van der Waals surface area (Å²) in [6.07, 6.45) is -0.0535. The van der Waals surface area contributed by atoms with E-state index in [4.69, 9.17) is 20.8 Å². The van der Waals surface area contributed by atoms with Crippen molar-refractivity contribution in [1.29, 1.82) is 0 Å². The van der Waals surface area contributed by atoms with Gasteiger partial charge in [-0.1, -0.05) is 41.9 Å². The predicted molar refractivity (Wildman–Crippen MR) is 113 cm³/mol. The van der Waals surface area contributed by atoms with Crippen molar-refractivity contribution in [2.45, 2.75) is 6.10 Å². The number of nitrogens with one attached hydrogen (secondary N) is 2. The zero-order chi connectivity index (χ0) is 23.1. The Morgan fingerprint density at radius 1 is 1.09 bits per heavy atom. The molecule has 0 fully saturated rings. The van der Waals surface area contributed by atoms with Crippen LogP contribution >= 0.6 is 11.6 Å². The highest BCUT2D eigenvalue weighted by Gasteiger charge is 2.26. The predicted octanol–water partition coefficient (Wildman–Crippen LogP) is 3.49. The van der Waals surface area contributed by atoms with E-state index in [1.807, 2.05) is 0 Å². The number of non-ortho nitro benzene ring substituents is 1. The summed E-state index contributed by atoms with van der Waals surface area (Å²) in [5.74, 6) is -2.21. The lowest BCUT2D eigenvalue weighted by Crippen LogP contribution is -2.33. The summed E-state index contributed by atoms with van der Waals surface area (Å²) in [6, 6.07) is 14.7. The van der Waals surface area contributed by atoms with E-state index in [2.05, 4.69) is 10.6 Å². The summed E-state index contributed by atoms with van der Waals surface area (Å²) >= 11 is 6.02. The van der Waals surface area contributed by atoms with Crippen LogP contribution in [0.5, 0.6) is 0 Å². The number of rotatable bonds is 8. The number of hydrogen-bond donors (Lipinski definition) is 2. The SMILES string of the molecule is O=C(CNC(=O)c1ccco1)OC(C(=O)Nc1ccc([N+](=O)[O-])cc1Cl)c1ccccc1. The average Bonchev–Trinajstić information content (AvgIpc) is 3.32. The number of nitro groups is 1. The lowest BCUT2D eigenvalue weighted by Gasteiger charge is -2.18. The third-order valence-electron chi connectivity index (χ3n) is 4.15. The minimum atomic E-state index is -1.37. The van der Waals surface area contributed by atoms with Gasteiger partial charge >= 0.3 is 5.97 Å². The standard InChI is InChI=1S/C21H16ClN3O7/c22-15-11-14(25(29)30)8-9-16(15)24-21(28)19(13-5-2-1-3-6-13)32-18(26)12-23-20(27)17-7-4-10-31-17/h1-11,19H,12H2,(H,23,27)(H,24,28). The quantitative estimate of drug-likeness (QED) is 0.299. The molecule has 1 heterocycles. The summed E-state index contributed by atoms with van der Waals surface area (Å²) in [5, 5.41) is 15.6. The van der Waals surface area contributed by atoms with E-state index in [9.17, 15) is 24.5 Å².